The molecule has 1 rings (SSSR count). The van der Waals surface area contributed by atoms with Gasteiger partial charge in [0.2, 0.25) is 0 Å². The highest BCUT2D eigenvalue weighted by atomic mass is 16.6. The molecular formula is C13H21NO4. The monoisotopic (exact) mass is 255 g/mol. The lowest BCUT2D eigenvalue weighted by molar-refractivity contribution is -0.142. The van der Waals surface area contributed by atoms with Gasteiger partial charge in [-0.3, -0.25) is 4.90 Å². The van der Waals surface area contributed by atoms with E-state index in [1.54, 1.807) is 26.8 Å². The Morgan fingerprint density at radius 1 is 1.44 bits per heavy atom. The van der Waals surface area contributed by atoms with Gasteiger partial charge in [0.1, 0.15) is 11.6 Å². The van der Waals surface area contributed by atoms with Crippen LogP contribution in [0, 0.1) is 0 Å². The van der Waals surface area contributed by atoms with Gasteiger partial charge in [0.05, 0.1) is 0 Å². The third-order valence-corrected chi connectivity index (χ3v) is 2.83. The molecule has 1 aliphatic rings. The lowest BCUT2D eigenvalue weighted by atomic mass is 10.1. The zero-order chi connectivity index (χ0) is 13.9. The number of rotatable bonds is 3. The standard InChI is InChI=1S/C13H21NO4/c1-5-6-9-7-8-10(11(15)16)14(9)12(17)18-13(2,3)4/h5,9-10H,1,6-8H2,2-4H3,(H,15,16)/t9-,10-/m0/s1. The molecule has 1 saturated heterocycles. The third-order valence-electron chi connectivity index (χ3n) is 2.83. The summed E-state index contributed by atoms with van der Waals surface area (Å²) in [5.41, 5.74) is -0.624. The number of carbonyl (C=O) groups is 2. The van der Waals surface area contributed by atoms with Crippen LogP contribution in [0.25, 0.3) is 0 Å². The fourth-order valence-corrected chi connectivity index (χ4v) is 2.14. The van der Waals surface area contributed by atoms with Crippen molar-refractivity contribution in [3.63, 3.8) is 0 Å². The molecule has 0 aromatic heterocycles. The van der Waals surface area contributed by atoms with E-state index in [4.69, 9.17) is 9.84 Å². The Kier molecular flexibility index (Phi) is 4.38. The van der Waals surface area contributed by atoms with Crippen molar-refractivity contribution in [3.8, 4) is 0 Å². The maximum Gasteiger partial charge on any atom is 0.411 e. The number of aliphatic carboxylic acids is 1. The van der Waals surface area contributed by atoms with Crippen molar-refractivity contribution in [2.24, 2.45) is 0 Å². The molecule has 0 radical (unpaired) electrons. The van der Waals surface area contributed by atoms with Crippen LogP contribution in [-0.4, -0.2) is 39.8 Å². The van der Waals surface area contributed by atoms with Gasteiger partial charge in [-0.25, -0.2) is 9.59 Å². The minimum atomic E-state index is -0.979. The Morgan fingerprint density at radius 2 is 2.06 bits per heavy atom. The van der Waals surface area contributed by atoms with Crippen LogP contribution in [0.15, 0.2) is 12.7 Å². The molecule has 2 atom stereocenters. The topological polar surface area (TPSA) is 66.8 Å². The van der Waals surface area contributed by atoms with Gasteiger partial charge in [0.25, 0.3) is 0 Å². The van der Waals surface area contributed by atoms with Gasteiger partial charge in [0, 0.05) is 6.04 Å². The molecule has 0 aromatic rings. The lowest BCUT2D eigenvalue weighted by Gasteiger charge is -2.30. The molecule has 0 saturated carbocycles. The second kappa shape index (κ2) is 5.42. The summed E-state index contributed by atoms with van der Waals surface area (Å²) < 4.78 is 5.27. The molecule has 1 aliphatic heterocycles. The first kappa shape index (κ1) is 14.5. The first-order valence-electron chi connectivity index (χ1n) is 6.11. The predicted molar refractivity (Wildman–Crippen MR) is 67.3 cm³/mol. The summed E-state index contributed by atoms with van der Waals surface area (Å²) in [6, 6.07) is -0.914. The van der Waals surface area contributed by atoms with Gasteiger partial charge in [-0.15, -0.1) is 6.58 Å². The number of likely N-dealkylation sites (tertiary alicyclic amines) is 1. The molecule has 0 aliphatic carbocycles. The number of amides is 1. The molecule has 102 valence electrons. The first-order valence-corrected chi connectivity index (χ1v) is 6.11. The summed E-state index contributed by atoms with van der Waals surface area (Å²) in [6.45, 7) is 8.93. The van der Waals surface area contributed by atoms with Crippen LogP contribution >= 0.6 is 0 Å². The number of hydrogen-bond acceptors (Lipinski definition) is 3. The zero-order valence-corrected chi connectivity index (χ0v) is 11.2. The Bertz CT molecular complexity index is 345. The Labute approximate surface area is 107 Å². The number of ether oxygens (including phenoxy) is 1. The van der Waals surface area contributed by atoms with E-state index >= 15 is 0 Å². The highest BCUT2D eigenvalue weighted by molar-refractivity contribution is 5.81. The summed E-state index contributed by atoms with van der Waals surface area (Å²) in [6.07, 6.45) is 2.86. The van der Waals surface area contributed by atoms with Gasteiger partial charge >= 0.3 is 12.1 Å². The van der Waals surface area contributed by atoms with Gasteiger partial charge in [-0.1, -0.05) is 6.08 Å². The number of hydrogen-bond donors (Lipinski definition) is 1. The van der Waals surface area contributed by atoms with Crippen molar-refractivity contribution >= 4 is 12.1 Å². The highest BCUT2D eigenvalue weighted by Gasteiger charge is 2.42. The maximum atomic E-state index is 12.1. The Morgan fingerprint density at radius 3 is 2.50 bits per heavy atom. The van der Waals surface area contributed by atoms with Crippen LogP contribution in [0.3, 0.4) is 0 Å². The second-order valence-electron chi connectivity index (χ2n) is 5.50. The van der Waals surface area contributed by atoms with Crippen LogP contribution in [0.4, 0.5) is 4.79 Å². The first-order chi connectivity index (χ1) is 8.26. The Balaban J connectivity index is 2.85. The van der Waals surface area contributed by atoms with Crippen LogP contribution < -0.4 is 0 Å². The molecule has 0 bridgehead atoms. The molecule has 0 spiro atoms. The summed E-state index contributed by atoms with van der Waals surface area (Å²) in [7, 11) is 0. The molecule has 0 unspecified atom stereocenters. The number of carbonyl (C=O) groups excluding carboxylic acids is 1. The molecule has 0 aromatic carbocycles. The smallest absolute Gasteiger partial charge is 0.411 e. The van der Waals surface area contributed by atoms with Crippen molar-refractivity contribution in [2.75, 3.05) is 0 Å². The maximum absolute atomic E-state index is 12.1. The highest BCUT2D eigenvalue weighted by Crippen LogP contribution is 2.28. The van der Waals surface area contributed by atoms with E-state index in [0.29, 0.717) is 19.3 Å². The van der Waals surface area contributed by atoms with Gasteiger partial charge in [-0.2, -0.15) is 0 Å². The minimum Gasteiger partial charge on any atom is -0.480 e. The molecule has 18 heavy (non-hydrogen) atoms. The Hall–Kier alpha value is -1.52. The van der Waals surface area contributed by atoms with Crippen LogP contribution in [0.5, 0.6) is 0 Å². The molecule has 1 N–H and O–H groups in total. The SMILES string of the molecule is C=CC[C@H]1CC[C@@H](C(=O)O)N1C(=O)OC(C)(C)C. The number of carboxylic acids is 1. The normalized spacial score (nSPS) is 23.8. The summed E-state index contributed by atoms with van der Waals surface area (Å²) in [4.78, 5) is 24.6. The molecule has 1 amide bonds. The van der Waals surface area contributed by atoms with Crippen molar-refractivity contribution in [2.45, 2.75) is 57.7 Å². The second-order valence-corrected chi connectivity index (χ2v) is 5.50. The average Bonchev–Trinajstić information content (AvgIpc) is 2.59. The van der Waals surface area contributed by atoms with E-state index in [1.165, 1.54) is 4.90 Å². The summed E-state index contributed by atoms with van der Waals surface area (Å²) in [5, 5.41) is 9.14. The summed E-state index contributed by atoms with van der Waals surface area (Å²) >= 11 is 0. The van der Waals surface area contributed by atoms with Crippen LogP contribution in [0.1, 0.15) is 40.0 Å². The van der Waals surface area contributed by atoms with Crippen molar-refractivity contribution in [3.05, 3.63) is 12.7 Å². The third kappa shape index (κ3) is 3.48. The zero-order valence-electron chi connectivity index (χ0n) is 11.2. The van der Waals surface area contributed by atoms with E-state index in [-0.39, 0.29) is 6.04 Å². The molecule has 1 fully saturated rings. The van der Waals surface area contributed by atoms with Gasteiger partial charge in [0.15, 0.2) is 0 Å². The van der Waals surface area contributed by atoms with Crippen molar-refractivity contribution < 1.29 is 19.4 Å². The molecular weight excluding hydrogens is 234 g/mol. The predicted octanol–water partition coefficient (Wildman–Crippen LogP) is 2.42. The molecule has 5 nitrogen and oxygen atoms in total. The largest absolute Gasteiger partial charge is 0.480 e. The number of carboxylic acid groups (broad SMARTS) is 1. The van der Waals surface area contributed by atoms with E-state index in [0.717, 1.165) is 0 Å². The number of nitrogens with zero attached hydrogens (tertiary/aromatic N) is 1. The van der Waals surface area contributed by atoms with Crippen molar-refractivity contribution in [1.29, 1.82) is 0 Å². The average molecular weight is 255 g/mol. The van der Waals surface area contributed by atoms with Crippen LogP contribution in [0.2, 0.25) is 0 Å². The minimum absolute atomic E-state index is 0.126. The van der Waals surface area contributed by atoms with Gasteiger partial charge in [-0.05, 0) is 40.0 Å². The van der Waals surface area contributed by atoms with Crippen molar-refractivity contribution in [1.82, 2.24) is 4.90 Å². The van der Waals surface area contributed by atoms with Gasteiger partial charge < -0.3 is 9.84 Å². The van der Waals surface area contributed by atoms with Crippen LogP contribution in [-0.2, 0) is 9.53 Å². The molecule has 1 heterocycles. The fraction of sp³-hybridized carbons (Fsp3) is 0.692. The van der Waals surface area contributed by atoms with E-state index in [2.05, 4.69) is 6.58 Å². The van der Waals surface area contributed by atoms with E-state index in [1.807, 2.05) is 0 Å². The molecule has 5 heteroatoms. The fourth-order valence-electron chi connectivity index (χ4n) is 2.14. The van der Waals surface area contributed by atoms with E-state index in [9.17, 15) is 9.59 Å². The summed E-state index contributed by atoms with van der Waals surface area (Å²) in [5.74, 6) is -0.979. The van der Waals surface area contributed by atoms with E-state index < -0.39 is 23.7 Å². The quantitative estimate of drug-likeness (QED) is 0.786. The lowest BCUT2D eigenvalue weighted by Crippen LogP contribution is -2.47.